The lowest BCUT2D eigenvalue weighted by Gasteiger charge is -2.52. The standard InChI is InChI=1S/C27H32O3/c1-26-13-11-23-22-10-8-21(28-18-19-5-3-2-4-6-19)17-20(22)7-9-24(23)25(26)12-14-27(26)29-15-16-30-27/h2-6,8,10,17,23-25H,7,9,11-16,18H2,1H3/t23-,24-,25+,26+/m1/s1. The molecule has 3 aliphatic carbocycles. The van der Waals surface area contributed by atoms with E-state index in [9.17, 15) is 0 Å². The molecule has 4 atom stereocenters. The highest BCUT2D eigenvalue weighted by atomic mass is 16.7. The number of hydrogen-bond acceptors (Lipinski definition) is 3. The van der Waals surface area contributed by atoms with Crippen LogP contribution in [-0.2, 0) is 22.5 Å². The molecule has 2 aromatic carbocycles. The lowest BCUT2D eigenvalue weighted by molar-refractivity contribution is -0.237. The third-order valence-corrected chi connectivity index (χ3v) is 8.74. The summed E-state index contributed by atoms with van der Waals surface area (Å²) in [6.07, 6.45) is 7.26. The molecule has 0 bridgehead atoms. The fourth-order valence-corrected chi connectivity index (χ4v) is 7.27. The SMILES string of the molecule is C[C@]12CC[C@@H]3c4ccc(OCc5ccccc5)cc4CC[C@H]3[C@@H]1CCC21OCCO1. The Kier molecular flexibility index (Phi) is 4.47. The van der Waals surface area contributed by atoms with Gasteiger partial charge in [-0.1, -0.05) is 43.3 Å². The van der Waals surface area contributed by atoms with Crippen LogP contribution in [0.15, 0.2) is 48.5 Å². The third-order valence-electron chi connectivity index (χ3n) is 8.74. The molecule has 2 aromatic rings. The van der Waals surface area contributed by atoms with Gasteiger partial charge in [0, 0.05) is 11.8 Å². The maximum Gasteiger partial charge on any atom is 0.174 e. The van der Waals surface area contributed by atoms with Crippen LogP contribution in [0.2, 0.25) is 0 Å². The van der Waals surface area contributed by atoms with Crippen LogP contribution in [0.5, 0.6) is 5.75 Å². The van der Waals surface area contributed by atoms with Crippen molar-refractivity contribution in [3.63, 3.8) is 0 Å². The molecule has 6 rings (SSSR count). The second-order valence-corrected chi connectivity index (χ2v) is 10.00. The Bertz CT molecular complexity index is 917. The lowest BCUT2D eigenvalue weighted by atomic mass is 9.55. The van der Waals surface area contributed by atoms with Gasteiger partial charge in [0.05, 0.1) is 13.2 Å². The van der Waals surface area contributed by atoms with E-state index in [-0.39, 0.29) is 11.2 Å². The number of ether oxygens (including phenoxy) is 3. The van der Waals surface area contributed by atoms with Gasteiger partial charge >= 0.3 is 0 Å². The van der Waals surface area contributed by atoms with Crippen molar-refractivity contribution < 1.29 is 14.2 Å². The zero-order valence-corrected chi connectivity index (χ0v) is 17.9. The predicted molar refractivity (Wildman–Crippen MR) is 116 cm³/mol. The molecule has 1 heterocycles. The van der Waals surface area contributed by atoms with Crippen molar-refractivity contribution in [2.75, 3.05) is 13.2 Å². The number of hydrogen-bond donors (Lipinski definition) is 0. The van der Waals surface area contributed by atoms with Crippen molar-refractivity contribution in [1.82, 2.24) is 0 Å². The highest BCUT2D eigenvalue weighted by Gasteiger charge is 2.64. The van der Waals surface area contributed by atoms with E-state index in [0.717, 1.165) is 37.2 Å². The van der Waals surface area contributed by atoms with Gasteiger partial charge in [-0.25, -0.2) is 0 Å². The zero-order valence-electron chi connectivity index (χ0n) is 17.9. The van der Waals surface area contributed by atoms with Crippen LogP contribution >= 0.6 is 0 Å². The maximum atomic E-state index is 6.26. The van der Waals surface area contributed by atoms with Crippen molar-refractivity contribution in [3.8, 4) is 5.75 Å². The van der Waals surface area contributed by atoms with E-state index in [2.05, 4.69) is 49.4 Å². The molecule has 1 saturated heterocycles. The first-order valence-corrected chi connectivity index (χ1v) is 11.8. The Hall–Kier alpha value is -1.84. The first kappa shape index (κ1) is 18.9. The summed E-state index contributed by atoms with van der Waals surface area (Å²) in [5.41, 5.74) is 4.48. The van der Waals surface area contributed by atoms with E-state index >= 15 is 0 Å². The monoisotopic (exact) mass is 404 g/mol. The minimum absolute atomic E-state index is 0.181. The van der Waals surface area contributed by atoms with E-state index in [4.69, 9.17) is 14.2 Å². The van der Waals surface area contributed by atoms with Crippen molar-refractivity contribution in [1.29, 1.82) is 0 Å². The molecule has 0 aromatic heterocycles. The predicted octanol–water partition coefficient (Wildman–Crippen LogP) is 5.86. The molecular weight excluding hydrogens is 372 g/mol. The van der Waals surface area contributed by atoms with Gasteiger partial charge in [0.25, 0.3) is 0 Å². The molecule has 0 radical (unpaired) electrons. The molecule has 2 saturated carbocycles. The Morgan fingerprint density at radius 2 is 1.80 bits per heavy atom. The smallest absolute Gasteiger partial charge is 0.174 e. The van der Waals surface area contributed by atoms with Crippen molar-refractivity contribution >= 4 is 0 Å². The second-order valence-electron chi connectivity index (χ2n) is 10.00. The van der Waals surface area contributed by atoms with E-state index < -0.39 is 0 Å². The van der Waals surface area contributed by atoms with Gasteiger partial charge in [-0.05, 0) is 78.7 Å². The topological polar surface area (TPSA) is 27.7 Å². The number of rotatable bonds is 3. The van der Waals surface area contributed by atoms with Crippen molar-refractivity contribution in [2.24, 2.45) is 17.3 Å². The largest absolute Gasteiger partial charge is 0.489 e. The molecule has 3 fully saturated rings. The summed E-state index contributed by atoms with van der Waals surface area (Å²) in [6.45, 7) is 4.63. The summed E-state index contributed by atoms with van der Waals surface area (Å²) in [5, 5.41) is 0. The molecule has 1 aliphatic heterocycles. The average Bonchev–Trinajstić information content (AvgIpc) is 3.38. The Labute approximate surface area is 179 Å². The summed E-state index contributed by atoms with van der Waals surface area (Å²) >= 11 is 0. The Morgan fingerprint density at radius 3 is 2.63 bits per heavy atom. The van der Waals surface area contributed by atoms with E-state index in [0.29, 0.717) is 12.5 Å². The van der Waals surface area contributed by atoms with Crippen LogP contribution in [0.25, 0.3) is 0 Å². The van der Waals surface area contributed by atoms with Crippen LogP contribution in [0, 0.1) is 17.3 Å². The molecule has 0 unspecified atom stereocenters. The minimum atomic E-state index is -0.294. The number of benzene rings is 2. The molecular formula is C27H32O3. The number of fused-ring (bicyclic) bond motifs is 6. The summed E-state index contributed by atoms with van der Waals surface area (Å²) in [7, 11) is 0. The van der Waals surface area contributed by atoms with Crippen LogP contribution < -0.4 is 4.74 Å². The van der Waals surface area contributed by atoms with Crippen LogP contribution in [0.1, 0.15) is 61.6 Å². The average molecular weight is 405 g/mol. The summed E-state index contributed by atoms with van der Waals surface area (Å²) in [4.78, 5) is 0. The molecule has 3 heteroatoms. The zero-order chi connectivity index (χ0) is 20.2. The fourth-order valence-electron chi connectivity index (χ4n) is 7.27. The molecule has 4 aliphatic rings. The van der Waals surface area contributed by atoms with Gasteiger partial charge in [0.15, 0.2) is 5.79 Å². The molecule has 158 valence electrons. The highest BCUT2D eigenvalue weighted by molar-refractivity contribution is 5.41. The minimum Gasteiger partial charge on any atom is -0.489 e. The summed E-state index contributed by atoms with van der Waals surface area (Å²) in [5.74, 6) is 2.88. The van der Waals surface area contributed by atoms with Crippen LogP contribution in [0.4, 0.5) is 0 Å². The lowest BCUT2D eigenvalue weighted by Crippen LogP contribution is -2.51. The molecule has 30 heavy (non-hydrogen) atoms. The first-order valence-electron chi connectivity index (χ1n) is 11.8. The Morgan fingerprint density at radius 1 is 0.967 bits per heavy atom. The van der Waals surface area contributed by atoms with Gasteiger partial charge in [-0.2, -0.15) is 0 Å². The third kappa shape index (κ3) is 2.78. The highest BCUT2D eigenvalue weighted by Crippen LogP contribution is 2.66. The van der Waals surface area contributed by atoms with Gasteiger partial charge < -0.3 is 14.2 Å². The number of aryl methyl sites for hydroxylation is 1. The quantitative estimate of drug-likeness (QED) is 0.641. The van der Waals surface area contributed by atoms with Gasteiger partial charge in [-0.3, -0.25) is 0 Å². The molecule has 0 N–H and O–H groups in total. The molecule has 1 spiro atoms. The van der Waals surface area contributed by atoms with Crippen molar-refractivity contribution in [3.05, 3.63) is 65.2 Å². The van der Waals surface area contributed by atoms with Gasteiger partial charge in [-0.15, -0.1) is 0 Å². The first-order chi connectivity index (χ1) is 14.7. The van der Waals surface area contributed by atoms with E-state index in [1.54, 1.807) is 5.56 Å². The van der Waals surface area contributed by atoms with Crippen LogP contribution in [0.3, 0.4) is 0 Å². The van der Waals surface area contributed by atoms with Crippen LogP contribution in [-0.4, -0.2) is 19.0 Å². The van der Waals surface area contributed by atoms with E-state index in [1.807, 2.05) is 6.07 Å². The molecule has 3 nitrogen and oxygen atoms in total. The maximum absolute atomic E-state index is 6.26. The van der Waals surface area contributed by atoms with Gasteiger partial charge in [0.2, 0.25) is 0 Å². The normalized spacial score (nSPS) is 33.7. The Balaban J connectivity index is 1.22. The fraction of sp³-hybridized carbons (Fsp3) is 0.556. The van der Waals surface area contributed by atoms with E-state index in [1.165, 1.54) is 43.2 Å². The van der Waals surface area contributed by atoms with Crippen molar-refractivity contribution in [2.45, 2.75) is 63.8 Å². The van der Waals surface area contributed by atoms with Gasteiger partial charge in [0.1, 0.15) is 12.4 Å². The summed E-state index contributed by atoms with van der Waals surface area (Å²) in [6, 6.07) is 17.3. The second kappa shape index (κ2) is 7.10. The molecule has 0 amide bonds. The summed E-state index contributed by atoms with van der Waals surface area (Å²) < 4.78 is 18.6.